The number of ether oxygens (including phenoxy) is 1. The highest BCUT2D eigenvalue weighted by Gasteiger charge is 2.13. The van der Waals surface area contributed by atoms with Gasteiger partial charge in [-0.2, -0.15) is 0 Å². The molecule has 4 heteroatoms. The molecule has 1 heterocycles. The Morgan fingerprint density at radius 2 is 2.12 bits per heavy atom. The van der Waals surface area contributed by atoms with E-state index in [4.69, 9.17) is 4.74 Å². The van der Waals surface area contributed by atoms with E-state index in [9.17, 15) is 4.79 Å². The minimum Gasteiger partial charge on any atom is -0.492 e. The highest BCUT2D eigenvalue weighted by Crippen LogP contribution is 2.13. The van der Waals surface area contributed by atoms with Gasteiger partial charge in [-0.3, -0.25) is 4.79 Å². The summed E-state index contributed by atoms with van der Waals surface area (Å²) in [5.41, 5.74) is 1.21. The Hall–Kier alpha value is -1.42. The van der Waals surface area contributed by atoms with E-state index in [1.807, 2.05) is 42.8 Å². The minimum absolute atomic E-state index is 0.144. The van der Waals surface area contributed by atoms with Gasteiger partial charge in [0, 0.05) is 6.20 Å². The third-order valence-corrected chi connectivity index (χ3v) is 3.21. The van der Waals surface area contributed by atoms with E-state index in [2.05, 4.69) is 0 Å². The van der Waals surface area contributed by atoms with Crippen LogP contribution < -0.4 is 4.74 Å². The summed E-state index contributed by atoms with van der Waals surface area (Å²) in [7, 11) is 0. The first kappa shape index (κ1) is 12.0. The molecule has 0 aromatic heterocycles. The molecule has 1 aromatic rings. The number of thioether (sulfide) groups is 1. The average Bonchev–Trinajstić information content (AvgIpc) is 2.34. The molecule has 0 N–H and O–H groups in total. The highest BCUT2D eigenvalue weighted by atomic mass is 32.2. The Kier molecular flexibility index (Phi) is 4.09. The van der Waals surface area contributed by atoms with Crippen molar-refractivity contribution in [1.29, 1.82) is 0 Å². The second kappa shape index (κ2) is 5.77. The standard InChI is InChI=1S/C13H15NO2S/c1-11-2-4-12(5-3-11)16-8-6-14-7-9-17-10-13(14)15/h2-5,7,9H,6,8,10H2,1H3. The fourth-order valence-corrected chi connectivity index (χ4v) is 2.14. The van der Waals surface area contributed by atoms with Crippen molar-refractivity contribution in [3.63, 3.8) is 0 Å². The van der Waals surface area contributed by atoms with Crippen molar-refractivity contribution < 1.29 is 9.53 Å². The Balaban J connectivity index is 1.79. The number of nitrogens with zero attached hydrogens (tertiary/aromatic N) is 1. The molecule has 0 saturated carbocycles. The van der Waals surface area contributed by atoms with Gasteiger partial charge in [-0.05, 0) is 24.5 Å². The van der Waals surface area contributed by atoms with Crippen molar-refractivity contribution in [3.05, 3.63) is 41.4 Å². The van der Waals surface area contributed by atoms with Crippen LogP contribution in [0.15, 0.2) is 35.9 Å². The molecular weight excluding hydrogens is 234 g/mol. The van der Waals surface area contributed by atoms with Crippen LogP contribution in [-0.2, 0) is 4.79 Å². The molecular formula is C13H15NO2S. The Bertz CT molecular complexity index is 414. The van der Waals surface area contributed by atoms with Crippen LogP contribution in [0.3, 0.4) is 0 Å². The van der Waals surface area contributed by atoms with Crippen LogP contribution in [-0.4, -0.2) is 29.7 Å². The van der Waals surface area contributed by atoms with Gasteiger partial charge < -0.3 is 9.64 Å². The van der Waals surface area contributed by atoms with Crippen LogP contribution in [0.2, 0.25) is 0 Å². The normalized spacial score (nSPS) is 15.1. The lowest BCUT2D eigenvalue weighted by molar-refractivity contribution is -0.126. The maximum Gasteiger partial charge on any atom is 0.236 e. The van der Waals surface area contributed by atoms with Gasteiger partial charge in [0.2, 0.25) is 5.91 Å². The average molecular weight is 249 g/mol. The van der Waals surface area contributed by atoms with Crippen LogP contribution in [0.1, 0.15) is 5.56 Å². The number of hydrogen-bond acceptors (Lipinski definition) is 3. The van der Waals surface area contributed by atoms with E-state index in [-0.39, 0.29) is 5.91 Å². The van der Waals surface area contributed by atoms with Gasteiger partial charge in [0.1, 0.15) is 12.4 Å². The molecule has 0 aliphatic carbocycles. The molecule has 0 unspecified atom stereocenters. The lowest BCUT2D eigenvalue weighted by Crippen LogP contribution is -2.32. The molecule has 0 radical (unpaired) electrons. The van der Waals surface area contributed by atoms with Gasteiger partial charge in [0.15, 0.2) is 0 Å². The van der Waals surface area contributed by atoms with Crippen molar-refractivity contribution in [3.8, 4) is 5.75 Å². The van der Waals surface area contributed by atoms with Crippen molar-refractivity contribution in [1.82, 2.24) is 4.90 Å². The summed E-state index contributed by atoms with van der Waals surface area (Å²) in [6, 6.07) is 7.91. The molecule has 0 bridgehead atoms. The Morgan fingerprint density at radius 1 is 1.35 bits per heavy atom. The van der Waals surface area contributed by atoms with E-state index in [0.717, 1.165) is 5.75 Å². The zero-order valence-corrected chi connectivity index (χ0v) is 10.6. The summed E-state index contributed by atoms with van der Waals surface area (Å²) in [6.45, 7) is 3.16. The van der Waals surface area contributed by atoms with E-state index < -0.39 is 0 Å². The highest BCUT2D eigenvalue weighted by molar-refractivity contribution is 8.02. The number of rotatable bonds is 4. The molecule has 17 heavy (non-hydrogen) atoms. The minimum atomic E-state index is 0.144. The molecule has 0 fully saturated rings. The molecule has 1 aliphatic heterocycles. The topological polar surface area (TPSA) is 29.5 Å². The van der Waals surface area contributed by atoms with Crippen LogP contribution in [0.25, 0.3) is 0 Å². The van der Waals surface area contributed by atoms with Crippen molar-refractivity contribution in [2.24, 2.45) is 0 Å². The fourth-order valence-electron chi connectivity index (χ4n) is 1.50. The van der Waals surface area contributed by atoms with Gasteiger partial charge in [0.25, 0.3) is 0 Å². The van der Waals surface area contributed by atoms with E-state index in [0.29, 0.717) is 18.9 Å². The molecule has 1 amide bonds. The van der Waals surface area contributed by atoms with Gasteiger partial charge >= 0.3 is 0 Å². The zero-order chi connectivity index (χ0) is 12.1. The van der Waals surface area contributed by atoms with Crippen LogP contribution in [0.4, 0.5) is 0 Å². The number of amides is 1. The Morgan fingerprint density at radius 3 is 2.82 bits per heavy atom. The molecule has 0 spiro atoms. The number of aryl methyl sites for hydroxylation is 1. The number of hydrogen-bond donors (Lipinski definition) is 0. The summed E-state index contributed by atoms with van der Waals surface area (Å²) in [4.78, 5) is 13.2. The maximum atomic E-state index is 11.5. The van der Waals surface area contributed by atoms with Crippen molar-refractivity contribution >= 4 is 17.7 Å². The summed E-state index contributed by atoms with van der Waals surface area (Å²) < 4.78 is 5.58. The molecule has 3 nitrogen and oxygen atoms in total. The lowest BCUT2D eigenvalue weighted by Gasteiger charge is -2.20. The van der Waals surface area contributed by atoms with E-state index in [1.54, 1.807) is 4.90 Å². The van der Waals surface area contributed by atoms with Gasteiger partial charge in [0.05, 0.1) is 12.3 Å². The predicted octanol–water partition coefficient (Wildman–Crippen LogP) is 2.42. The first-order chi connectivity index (χ1) is 8.25. The van der Waals surface area contributed by atoms with Gasteiger partial charge in [-0.25, -0.2) is 0 Å². The number of carbonyl (C=O) groups excluding carboxylic acids is 1. The van der Waals surface area contributed by atoms with Gasteiger partial charge in [-0.1, -0.05) is 17.7 Å². The van der Waals surface area contributed by atoms with Crippen LogP contribution in [0, 0.1) is 6.92 Å². The third-order valence-electron chi connectivity index (χ3n) is 2.49. The predicted molar refractivity (Wildman–Crippen MR) is 70.0 cm³/mol. The SMILES string of the molecule is Cc1ccc(OCCN2C=CSCC2=O)cc1. The largest absolute Gasteiger partial charge is 0.492 e. The van der Waals surface area contributed by atoms with E-state index >= 15 is 0 Å². The first-order valence-electron chi connectivity index (χ1n) is 5.53. The quantitative estimate of drug-likeness (QED) is 0.820. The molecule has 90 valence electrons. The maximum absolute atomic E-state index is 11.5. The second-order valence-electron chi connectivity index (χ2n) is 3.84. The van der Waals surface area contributed by atoms with Crippen molar-refractivity contribution in [2.75, 3.05) is 18.9 Å². The lowest BCUT2D eigenvalue weighted by atomic mass is 10.2. The van der Waals surface area contributed by atoms with Crippen LogP contribution >= 0.6 is 11.8 Å². The summed E-state index contributed by atoms with van der Waals surface area (Å²) in [5, 5.41) is 1.94. The van der Waals surface area contributed by atoms with Gasteiger partial charge in [-0.15, -0.1) is 11.8 Å². The molecule has 1 aromatic carbocycles. The first-order valence-corrected chi connectivity index (χ1v) is 6.58. The fraction of sp³-hybridized carbons (Fsp3) is 0.308. The smallest absolute Gasteiger partial charge is 0.236 e. The monoisotopic (exact) mass is 249 g/mol. The Labute approximate surface area is 105 Å². The van der Waals surface area contributed by atoms with Crippen LogP contribution in [0.5, 0.6) is 5.75 Å². The summed E-state index contributed by atoms with van der Waals surface area (Å²) in [6.07, 6.45) is 1.81. The molecule has 1 aliphatic rings. The number of benzene rings is 1. The number of carbonyl (C=O) groups is 1. The molecule has 0 saturated heterocycles. The molecule has 0 atom stereocenters. The second-order valence-corrected chi connectivity index (χ2v) is 4.74. The summed E-state index contributed by atoms with van der Waals surface area (Å²) >= 11 is 1.53. The molecule has 2 rings (SSSR count). The summed E-state index contributed by atoms with van der Waals surface area (Å²) in [5.74, 6) is 1.52. The van der Waals surface area contributed by atoms with E-state index in [1.165, 1.54) is 17.3 Å². The van der Waals surface area contributed by atoms with Crippen molar-refractivity contribution in [2.45, 2.75) is 6.92 Å². The zero-order valence-electron chi connectivity index (χ0n) is 9.76. The third kappa shape index (κ3) is 3.53.